The van der Waals surface area contributed by atoms with Crippen LogP contribution in [0.5, 0.6) is 0 Å². The van der Waals surface area contributed by atoms with Gasteiger partial charge in [-0.3, -0.25) is 4.90 Å². The van der Waals surface area contributed by atoms with Gasteiger partial charge in [0.2, 0.25) is 0 Å². The molecule has 1 aliphatic rings. The van der Waals surface area contributed by atoms with Gasteiger partial charge in [0.15, 0.2) is 0 Å². The Bertz CT molecular complexity index is 196. The van der Waals surface area contributed by atoms with Crippen molar-refractivity contribution in [1.29, 1.82) is 0 Å². The zero-order valence-electron chi connectivity index (χ0n) is 12.1. The first-order valence-corrected chi connectivity index (χ1v) is 7.39. The quantitative estimate of drug-likeness (QED) is 0.605. The Balaban J connectivity index is 2.50. The first-order chi connectivity index (χ1) is 8.79. The van der Waals surface area contributed by atoms with Crippen LogP contribution >= 0.6 is 0 Å². The van der Waals surface area contributed by atoms with E-state index in [1.807, 2.05) is 13.8 Å². The predicted molar refractivity (Wildman–Crippen MR) is 74.8 cm³/mol. The lowest BCUT2D eigenvalue weighted by molar-refractivity contribution is 0.0250. The molecule has 0 saturated heterocycles. The van der Waals surface area contributed by atoms with E-state index in [2.05, 4.69) is 4.90 Å². The lowest BCUT2D eigenvalue weighted by Crippen LogP contribution is -2.54. The maximum atomic E-state index is 6.05. The van der Waals surface area contributed by atoms with Gasteiger partial charge >= 0.3 is 0 Å². The van der Waals surface area contributed by atoms with Gasteiger partial charge in [-0.2, -0.15) is 0 Å². The topological polar surface area (TPSA) is 47.7 Å². The molecule has 1 fully saturated rings. The summed E-state index contributed by atoms with van der Waals surface area (Å²) in [4.78, 5) is 2.51. The molecule has 0 bridgehead atoms. The SMILES string of the molecule is CCOCCN(CCOCC)C1(CN)CCCC1. The minimum atomic E-state index is 0.203. The summed E-state index contributed by atoms with van der Waals surface area (Å²) in [6, 6.07) is 0. The van der Waals surface area contributed by atoms with E-state index in [0.29, 0.717) is 0 Å². The Labute approximate surface area is 112 Å². The van der Waals surface area contributed by atoms with E-state index in [1.165, 1.54) is 25.7 Å². The zero-order chi connectivity index (χ0) is 13.3. The van der Waals surface area contributed by atoms with Crippen LogP contribution in [0.3, 0.4) is 0 Å². The molecule has 0 atom stereocenters. The van der Waals surface area contributed by atoms with Crippen molar-refractivity contribution in [3.05, 3.63) is 0 Å². The molecule has 0 aromatic carbocycles. The van der Waals surface area contributed by atoms with E-state index in [4.69, 9.17) is 15.2 Å². The van der Waals surface area contributed by atoms with Crippen LogP contribution in [0.4, 0.5) is 0 Å². The average molecular weight is 258 g/mol. The third kappa shape index (κ3) is 4.50. The highest BCUT2D eigenvalue weighted by atomic mass is 16.5. The fourth-order valence-corrected chi connectivity index (χ4v) is 2.91. The van der Waals surface area contributed by atoms with Gasteiger partial charge < -0.3 is 15.2 Å². The second kappa shape index (κ2) is 8.86. The summed E-state index contributed by atoms with van der Waals surface area (Å²) in [5.74, 6) is 0. The van der Waals surface area contributed by atoms with Gasteiger partial charge in [-0.05, 0) is 26.7 Å². The largest absolute Gasteiger partial charge is 0.380 e. The van der Waals surface area contributed by atoms with Crippen LogP contribution in [0.1, 0.15) is 39.5 Å². The summed E-state index contributed by atoms with van der Waals surface area (Å²) in [5, 5.41) is 0. The standard InChI is InChI=1S/C14H30N2O2/c1-3-17-11-9-16(10-12-18-4-2)14(13-15)7-5-6-8-14/h3-13,15H2,1-2H3. The highest BCUT2D eigenvalue weighted by molar-refractivity contribution is 4.95. The molecule has 1 saturated carbocycles. The van der Waals surface area contributed by atoms with Crippen LogP contribution in [0.2, 0.25) is 0 Å². The molecule has 0 radical (unpaired) electrons. The van der Waals surface area contributed by atoms with Crippen molar-refractivity contribution in [2.24, 2.45) is 5.73 Å². The predicted octanol–water partition coefficient (Wildman–Crippen LogP) is 1.63. The van der Waals surface area contributed by atoms with Crippen LogP contribution in [0.25, 0.3) is 0 Å². The molecule has 4 heteroatoms. The molecule has 0 aromatic heterocycles. The Morgan fingerprint density at radius 3 is 1.89 bits per heavy atom. The Morgan fingerprint density at radius 1 is 1.00 bits per heavy atom. The van der Waals surface area contributed by atoms with E-state index >= 15 is 0 Å². The smallest absolute Gasteiger partial charge is 0.0593 e. The van der Waals surface area contributed by atoms with Crippen molar-refractivity contribution >= 4 is 0 Å². The van der Waals surface area contributed by atoms with Crippen molar-refractivity contribution in [1.82, 2.24) is 4.90 Å². The van der Waals surface area contributed by atoms with Crippen molar-refractivity contribution in [3.8, 4) is 0 Å². The fraction of sp³-hybridized carbons (Fsp3) is 1.00. The third-order valence-electron chi connectivity index (χ3n) is 4.00. The Hall–Kier alpha value is -0.160. The second-order valence-corrected chi connectivity index (χ2v) is 5.02. The Kier molecular flexibility index (Phi) is 7.82. The number of nitrogens with two attached hydrogens (primary N) is 1. The summed E-state index contributed by atoms with van der Waals surface area (Å²) in [5.41, 5.74) is 6.26. The zero-order valence-corrected chi connectivity index (χ0v) is 12.1. The van der Waals surface area contributed by atoms with Crippen molar-refractivity contribution in [3.63, 3.8) is 0 Å². The number of nitrogens with zero attached hydrogens (tertiary/aromatic N) is 1. The summed E-state index contributed by atoms with van der Waals surface area (Å²) in [6.07, 6.45) is 5.05. The lowest BCUT2D eigenvalue weighted by Gasteiger charge is -2.40. The second-order valence-electron chi connectivity index (χ2n) is 5.02. The molecular weight excluding hydrogens is 228 g/mol. The van der Waals surface area contributed by atoms with Crippen molar-refractivity contribution in [2.45, 2.75) is 45.1 Å². The molecule has 18 heavy (non-hydrogen) atoms. The van der Waals surface area contributed by atoms with Crippen LogP contribution in [0.15, 0.2) is 0 Å². The minimum absolute atomic E-state index is 0.203. The maximum absolute atomic E-state index is 6.05. The monoisotopic (exact) mass is 258 g/mol. The first-order valence-electron chi connectivity index (χ1n) is 7.39. The molecule has 4 nitrogen and oxygen atoms in total. The fourth-order valence-electron chi connectivity index (χ4n) is 2.91. The molecule has 0 aromatic rings. The van der Waals surface area contributed by atoms with E-state index in [0.717, 1.165) is 46.1 Å². The highest BCUT2D eigenvalue weighted by Crippen LogP contribution is 2.34. The molecule has 108 valence electrons. The molecule has 0 amide bonds. The minimum Gasteiger partial charge on any atom is -0.380 e. The van der Waals surface area contributed by atoms with E-state index in [9.17, 15) is 0 Å². The molecule has 0 heterocycles. The molecule has 0 unspecified atom stereocenters. The molecule has 2 N–H and O–H groups in total. The van der Waals surface area contributed by atoms with E-state index in [1.54, 1.807) is 0 Å². The van der Waals surface area contributed by atoms with Crippen LogP contribution in [0, 0.1) is 0 Å². The summed E-state index contributed by atoms with van der Waals surface area (Å²) < 4.78 is 11.0. The van der Waals surface area contributed by atoms with E-state index in [-0.39, 0.29) is 5.54 Å². The van der Waals surface area contributed by atoms with Gasteiger partial charge in [-0.15, -0.1) is 0 Å². The summed E-state index contributed by atoms with van der Waals surface area (Å²) in [6.45, 7) is 9.94. The molecule has 1 rings (SSSR count). The normalized spacial score (nSPS) is 18.7. The van der Waals surface area contributed by atoms with E-state index < -0.39 is 0 Å². The molecule has 0 spiro atoms. The lowest BCUT2D eigenvalue weighted by atomic mass is 9.95. The maximum Gasteiger partial charge on any atom is 0.0593 e. The van der Waals surface area contributed by atoms with Gasteiger partial charge in [0.25, 0.3) is 0 Å². The highest BCUT2D eigenvalue weighted by Gasteiger charge is 2.37. The molecular formula is C14H30N2O2. The van der Waals surface area contributed by atoms with Gasteiger partial charge in [-0.1, -0.05) is 12.8 Å². The van der Waals surface area contributed by atoms with Crippen molar-refractivity contribution < 1.29 is 9.47 Å². The molecule has 1 aliphatic carbocycles. The first kappa shape index (κ1) is 15.9. The third-order valence-corrected chi connectivity index (χ3v) is 4.00. The number of ether oxygens (including phenoxy) is 2. The number of hydrogen-bond acceptors (Lipinski definition) is 4. The number of rotatable bonds is 10. The summed E-state index contributed by atoms with van der Waals surface area (Å²) >= 11 is 0. The van der Waals surface area contributed by atoms with Crippen LogP contribution < -0.4 is 5.73 Å². The average Bonchev–Trinajstić information content (AvgIpc) is 2.87. The van der Waals surface area contributed by atoms with Gasteiger partial charge in [0.05, 0.1) is 13.2 Å². The van der Waals surface area contributed by atoms with Gasteiger partial charge in [-0.25, -0.2) is 0 Å². The van der Waals surface area contributed by atoms with Gasteiger partial charge in [0.1, 0.15) is 0 Å². The van der Waals surface area contributed by atoms with Crippen molar-refractivity contribution in [2.75, 3.05) is 46.1 Å². The van der Waals surface area contributed by atoms with Crippen LogP contribution in [-0.4, -0.2) is 56.5 Å². The summed E-state index contributed by atoms with van der Waals surface area (Å²) in [7, 11) is 0. The van der Waals surface area contributed by atoms with Crippen LogP contribution in [-0.2, 0) is 9.47 Å². The number of hydrogen-bond donors (Lipinski definition) is 1. The van der Waals surface area contributed by atoms with Gasteiger partial charge in [0, 0.05) is 38.4 Å². The Morgan fingerprint density at radius 2 is 1.50 bits per heavy atom. The molecule has 0 aliphatic heterocycles.